The molecular formula is C22H37NO3S. The summed E-state index contributed by atoms with van der Waals surface area (Å²) < 4.78 is 0. The lowest BCUT2D eigenvalue weighted by molar-refractivity contribution is -0.125. The van der Waals surface area contributed by atoms with Gasteiger partial charge in [-0.2, -0.15) is 11.8 Å². The van der Waals surface area contributed by atoms with E-state index in [9.17, 15) is 15.0 Å². The van der Waals surface area contributed by atoms with Gasteiger partial charge in [0.1, 0.15) is 0 Å². The fraction of sp³-hybridized carbons (Fsp3) is 0.773. The number of aliphatic hydroxyl groups excluding tert-OH is 2. The third kappa shape index (κ3) is 6.95. The van der Waals surface area contributed by atoms with E-state index in [1.54, 1.807) is 30.8 Å². The average Bonchev–Trinajstić information content (AvgIpc) is 3.13. The van der Waals surface area contributed by atoms with Crippen molar-refractivity contribution in [1.82, 2.24) is 4.90 Å². The zero-order valence-corrected chi connectivity index (χ0v) is 18.0. The molecule has 0 aliphatic heterocycles. The fourth-order valence-electron chi connectivity index (χ4n) is 4.24. The summed E-state index contributed by atoms with van der Waals surface area (Å²) in [5, 5.41) is 20.6. The molecule has 2 rings (SSSR count). The van der Waals surface area contributed by atoms with Gasteiger partial charge in [-0.25, -0.2) is 0 Å². The van der Waals surface area contributed by atoms with Crippen LogP contribution in [0.4, 0.5) is 0 Å². The Morgan fingerprint density at radius 1 is 1.41 bits per heavy atom. The minimum atomic E-state index is -0.387. The molecule has 1 amide bonds. The zero-order valence-electron chi connectivity index (χ0n) is 17.1. The first-order valence-corrected chi connectivity index (χ1v) is 11.6. The molecule has 0 radical (unpaired) electrons. The number of fused-ring (bicyclic) bond motifs is 1. The molecule has 0 saturated heterocycles. The number of aliphatic hydroxyl groups is 2. The Balaban J connectivity index is 1.76. The number of hydrogen-bond donors (Lipinski definition) is 2. The van der Waals surface area contributed by atoms with Crippen LogP contribution < -0.4 is 0 Å². The largest absolute Gasteiger partial charge is 0.392 e. The monoisotopic (exact) mass is 395 g/mol. The second kappa shape index (κ2) is 11.3. The summed E-state index contributed by atoms with van der Waals surface area (Å²) in [6, 6.07) is 0. The van der Waals surface area contributed by atoms with Crippen molar-refractivity contribution in [3.8, 4) is 0 Å². The number of rotatable bonds is 11. The van der Waals surface area contributed by atoms with Crippen LogP contribution in [0.15, 0.2) is 23.8 Å². The van der Waals surface area contributed by atoms with E-state index in [0.29, 0.717) is 17.6 Å². The number of allylic oxidation sites excluding steroid dienone is 2. The topological polar surface area (TPSA) is 60.8 Å². The van der Waals surface area contributed by atoms with E-state index >= 15 is 0 Å². The summed E-state index contributed by atoms with van der Waals surface area (Å²) in [6.07, 6.45) is 12.8. The molecule has 5 heteroatoms. The van der Waals surface area contributed by atoms with E-state index in [1.165, 1.54) is 5.57 Å². The van der Waals surface area contributed by atoms with Gasteiger partial charge in [-0.1, -0.05) is 50.0 Å². The van der Waals surface area contributed by atoms with Crippen molar-refractivity contribution in [3.05, 3.63) is 23.8 Å². The summed E-state index contributed by atoms with van der Waals surface area (Å²) >= 11 is 1.70. The molecule has 0 spiro atoms. The van der Waals surface area contributed by atoms with E-state index in [2.05, 4.69) is 19.1 Å². The first-order valence-electron chi connectivity index (χ1n) is 10.4. The van der Waals surface area contributed by atoms with Crippen LogP contribution in [0.5, 0.6) is 0 Å². The number of carbonyl (C=O) groups excluding carboxylic acids is 1. The van der Waals surface area contributed by atoms with Gasteiger partial charge in [0.15, 0.2) is 0 Å². The van der Waals surface area contributed by atoms with Gasteiger partial charge in [0, 0.05) is 20.0 Å². The van der Waals surface area contributed by atoms with Crippen molar-refractivity contribution in [2.45, 2.75) is 64.1 Å². The van der Waals surface area contributed by atoms with Crippen LogP contribution in [0.1, 0.15) is 51.9 Å². The molecule has 2 aliphatic rings. The lowest BCUT2D eigenvalue weighted by Crippen LogP contribution is -2.23. The molecule has 27 heavy (non-hydrogen) atoms. The Labute approximate surface area is 169 Å². The first kappa shape index (κ1) is 22.5. The summed E-state index contributed by atoms with van der Waals surface area (Å²) in [7, 11) is 3.59. The van der Waals surface area contributed by atoms with Crippen LogP contribution in [0, 0.1) is 17.8 Å². The average molecular weight is 396 g/mol. The van der Waals surface area contributed by atoms with Gasteiger partial charge in [-0.15, -0.1) is 0 Å². The zero-order chi connectivity index (χ0) is 19.8. The second-order valence-corrected chi connectivity index (χ2v) is 9.38. The molecule has 1 saturated carbocycles. The predicted octanol–water partition coefficient (Wildman–Crippen LogP) is 3.64. The van der Waals surface area contributed by atoms with Crippen molar-refractivity contribution in [1.29, 1.82) is 0 Å². The van der Waals surface area contributed by atoms with Gasteiger partial charge >= 0.3 is 0 Å². The van der Waals surface area contributed by atoms with Gasteiger partial charge in [0.05, 0.1) is 18.0 Å². The summed E-state index contributed by atoms with van der Waals surface area (Å²) in [5.41, 5.74) is 1.48. The molecular weight excluding hydrogens is 358 g/mol. The maximum atomic E-state index is 11.6. The van der Waals surface area contributed by atoms with E-state index in [4.69, 9.17) is 0 Å². The number of amides is 1. The van der Waals surface area contributed by atoms with Crippen molar-refractivity contribution in [2.75, 3.05) is 25.6 Å². The molecule has 4 nitrogen and oxygen atoms in total. The number of thioether (sulfide) groups is 1. The lowest BCUT2D eigenvalue weighted by Gasteiger charge is -2.19. The summed E-state index contributed by atoms with van der Waals surface area (Å²) in [6.45, 7) is 2.17. The molecule has 0 aromatic heterocycles. The smallest absolute Gasteiger partial charge is 0.232 e. The predicted molar refractivity (Wildman–Crippen MR) is 114 cm³/mol. The minimum Gasteiger partial charge on any atom is -0.392 e. The molecule has 5 atom stereocenters. The van der Waals surface area contributed by atoms with Gasteiger partial charge in [-0.3, -0.25) is 4.79 Å². The molecule has 0 unspecified atom stereocenters. The number of carbonyl (C=O) groups is 1. The van der Waals surface area contributed by atoms with Crippen molar-refractivity contribution < 1.29 is 15.0 Å². The standard InChI is InChI=1S/C22H37NO3S/c1-4-5-6-7-18(24)8-9-19-20-13-16(12-17(20)14-21(19)25)10-11-27-15-22(26)23(2)3/h8-9,12,17-21,24-25H,4-7,10-11,13-15H2,1-3H3/t17-,18-,19+,20-,21+/m0/s1. The highest BCUT2D eigenvalue weighted by atomic mass is 32.2. The minimum absolute atomic E-state index is 0.160. The highest BCUT2D eigenvalue weighted by Gasteiger charge is 2.43. The Bertz CT molecular complexity index is 532. The summed E-state index contributed by atoms with van der Waals surface area (Å²) in [5.74, 6) is 2.80. The first-order chi connectivity index (χ1) is 12.9. The SMILES string of the molecule is CCCCC[C@H](O)C=C[C@@H]1[C@H]2CC(CCSCC(=O)N(C)C)=C[C@H]2C[C@H]1O. The third-order valence-electron chi connectivity index (χ3n) is 5.90. The normalized spacial score (nSPS) is 28.4. The van der Waals surface area contributed by atoms with Crippen LogP contribution in [-0.2, 0) is 4.79 Å². The van der Waals surface area contributed by atoms with Crippen LogP contribution in [0.25, 0.3) is 0 Å². The van der Waals surface area contributed by atoms with E-state index < -0.39 is 0 Å². The molecule has 154 valence electrons. The Morgan fingerprint density at radius 3 is 2.89 bits per heavy atom. The molecule has 1 fully saturated rings. The highest BCUT2D eigenvalue weighted by Crippen LogP contribution is 2.48. The van der Waals surface area contributed by atoms with Gasteiger partial charge < -0.3 is 15.1 Å². The summed E-state index contributed by atoms with van der Waals surface area (Å²) in [4.78, 5) is 13.3. The van der Waals surface area contributed by atoms with Crippen LogP contribution in [-0.4, -0.2) is 58.8 Å². The maximum absolute atomic E-state index is 11.6. The van der Waals surface area contributed by atoms with Gasteiger partial charge in [0.2, 0.25) is 5.91 Å². The van der Waals surface area contributed by atoms with Crippen molar-refractivity contribution >= 4 is 17.7 Å². The maximum Gasteiger partial charge on any atom is 0.232 e. The Hall–Kier alpha value is -0.780. The van der Waals surface area contributed by atoms with Gasteiger partial charge in [0.25, 0.3) is 0 Å². The van der Waals surface area contributed by atoms with E-state index in [1.807, 2.05) is 6.08 Å². The Kier molecular flexibility index (Phi) is 9.40. The number of nitrogens with zero attached hydrogens (tertiary/aromatic N) is 1. The molecule has 0 aromatic carbocycles. The highest BCUT2D eigenvalue weighted by molar-refractivity contribution is 7.99. The number of unbranched alkanes of at least 4 members (excludes halogenated alkanes) is 2. The van der Waals surface area contributed by atoms with Crippen LogP contribution in [0.3, 0.4) is 0 Å². The molecule has 2 N–H and O–H groups in total. The van der Waals surface area contributed by atoms with E-state index in [0.717, 1.165) is 50.7 Å². The molecule has 0 bridgehead atoms. The Morgan fingerprint density at radius 2 is 2.19 bits per heavy atom. The number of hydrogen-bond acceptors (Lipinski definition) is 4. The molecule has 0 heterocycles. The van der Waals surface area contributed by atoms with Crippen LogP contribution >= 0.6 is 11.8 Å². The molecule has 2 aliphatic carbocycles. The second-order valence-electron chi connectivity index (χ2n) is 8.28. The van der Waals surface area contributed by atoms with E-state index in [-0.39, 0.29) is 24.0 Å². The van der Waals surface area contributed by atoms with Crippen molar-refractivity contribution in [3.63, 3.8) is 0 Å². The third-order valence-corrected chi connectivity index (χ3v) is 6.84. The van der Waals surface area contributed by atoms with Crippen molar-refractivity contribution in [2.24, 2.45) is 17.8 Å². The molecule has 0 aromatic rings. The fourth-order valence-corrected chi connectivity index (χ4v) is 5.22. The quantitative estimate of drug-likeness (QED) is 0.414. The van der Waals surface area contributed by atoms with Crippen LogP contribution in [0.2, 0.25) is 0 Å². The van der Waals surface area contributed by atoms with Gasteiger partial charge in [-0.05, 0) is 43.3 Å². The lowest BCUT2D eigenvalue weighted by atomic mass is 9.88.